The number of likely N-dealkylation sites (tertiary alicyclic amines) is 1. The van der Waals surface area contributed by atoms with Crippen LogP contribution in [0.1, 0.15) is 25.7 Å². The first-order chi connectivity index (χ1) is 10.3. The lowest BCUT2D eigenvalue weighted by atomic mass is 10.1. The van der Waals surface area contributed by atoms with Crippen LogP contribution < -0.4 is 9.47 Å². The van der Waals surface area contributed by atoms with E-state index in [4.69, 9.17) is 15.0 Å². The van der Waals surface area contributed by atoms with Crippen LogP contribution in [0.15, 0.2) is 23.3 Å². The van der Waals surface area contributed by atoms with Crippen molar-refractivity contribution in [3.8, 4) is 11.5 Å². The Balaban J connectivity index is 1.80. The molecule has 1 aliphatic rings. The third-order valence-corrected chi connectivity index (χ3v) is 3.63. The smallest absolute Gasteiger partial charge is 0.161 e. The Morgan fingerprint density at radius 1 is 1.24 bits per heavy atom. The van der Waals surface area contributed by atoms with Gasteiger partial charge in [-0.3, -0.25) is 0 Å². The normalized spacial score (nSPS) is 15.3. The van der Waals surface area contributed by atoms with E-state index in [1.54, 1.807) is 25.3 Å². The highest BCUT2D eigenvalue weighted by Crippen LogP contribution is 2.31. The average molecular weight is 290 g/mol. The van der Waals surface area contributed by atoms with E-state index in [1.807, 2.05) is 0 Å². The third kappa shape index (κ3) is 4.85. The highest BCUT2D eigenvalue weighted by molar-refractivity contribution is 5.51. The summed E-state index contributed by atoms with van der Waals surface area (Å²) in [5.74, 6) is 1.28. The molecule has 6 heteroatoms. The summed E-state index contributed by atoms with van der Waals surface area (Å²) < 4.78 is 11.0. The molecule has 1 aromatic carbocycles. The van der Waals surface area contributed by atoms with Crippen LogP contribution in [0.25, 0.3) is 10.4 Å². The van der Waals surface area contributed by atoms with Crippen LogP contribution in [0, 0.1) is 0 Å². The van der Waals surface area contributed by atoms with Gasteiger partial charge in [0, 0.05) is 17.1 Å². The fraction of sp³-hybridized carbons (Fsp3) is 0.600. The Morgan fingerprint density at radius 2 is 2.05 bits per heavy atom. The summed E-state index contributed by atoms with van der Waals surface area (Å²) in [6, 6.07) is 5.19. The van der Waals surface area contributed by atoms with Gasteiger partial charge in [0.1, 0.15) is 0 Å². The molecule has 0 N–H and O–H groups in total. The van der Waals surface area contributed by atoms with Crippen molar-refractivity contribution in [2.45, 2.75) is 25.7 Å². The topological polar surface area (TPSA) is 70.5 Å². The number of benzene rings is 1. The van der Waals surface area contributed by atoms with Crippen LogP contribution in [0.4, 0.5) is 5.69 Å². The molecule has 0 atom stereocenters. The SMILES string of the molecule is COc1cc(N=[N+]=[N-])ccc1OCCCN1CCCCC1. The third-order valence-electron chi connectivity index (χ3n) is 3.63. The molecule has 1 fully saturated rings. The van der Waals surface area contributed by atoms with Gasteiger partial charge in [0.25, 0.3) is 0 Å². The van der Waals surface area contributed by atoms with Crippen LogP contribution in [-0.2, 0) is 0 Å². The summed E-state index contributed by atoms with van der Waals surface area (Å²) >= 11 is 0. The second kappa shape index (κ2) is 8.39. The van der Waals surface area contributed by atoms with Gasteiger partial charge >= 0.3 is 0 Å². The standard InChI is InChI=1S/C15H22N4O2/c1-20-15-12-13(17-18-16)6-7-14(15)21-11-5-10-19-8-3-2-4-9-19/h6-7,12H,2-5,8-11H2,1H3. The number of hydrogen-bond acceptors (Lipinski definition) is 4. The molecule has 6 nitrogen and oxygen atoms in total. The number of piperidine rings is 1. The molecule has 21 heavy (non-hydrogen) atoms. The van der Waals surface area contributed by atoms with E-state index in [2.05, 4.69) is 14.9 Å². The van der Waals surface area contributed by atoms with Gasteiger partial charge in [-0.05, 0) is 56.1 Å². The molecule has 0 aromatic heterocycles. The Labute approximate surface area is 125 Å². The molecule has 1 heterocycles. The van der Waals surface area contributed by atoms with Crippen molar-refractivity contribution in [3.63, 3.8) is 0 Å². The second-order valence-electron chi connectivity index (χ2n) is 5.13. The average Bonchev–Trinajstić information content (AvgIpc) is 2.53. The lowest BCUT2D eigenvalue weighted by Crippen LogP contribution is -2.31. The van der Waals surface area contributed by atoms with E-state index >= 15 is 0 Å². The van der Waals surface area contributed by atoms with Gasteiger partial charge in [-0.2, -0.15) is 0 Å². The number of hydrogen-bond donors (Lipinski definition) is 0. The number of methoxy groups -OCH3 is 1. The molecule has 2 rings (SSSR count). The highest BCUT2D eigenvalue weighted by Gasteiger charge is 2.10. The van der Waals surface area contributed by atoms with Crippen molar-refractivity contribution >= 4 is 5.69 Å². The Morgan fingerprint density at radius 3 is 2.76 bits per heavy atom. The lowest BCUT2D eigenvalue weighted by Gasteiger charge is -2.26. The molecular weight excluding hydrogens is 268 g/mol. The zero-order valence-electron chi connectivity index (χ0n) is 12.5. The molecule has 0 radical (unpaired) electrons. The largest absolute Gasteiger partial charge is 0.493 e. The molecule has 0 spiro atoms. The minimum absolute atomic E-state index is 0.523. The molecule has 0 unspecified atom stereocenters. The first-order valence-electron chi connectivity index (χ1n) is 7.42. The van der Waals surface area contributed by atoms with Crippen LogP contribution in [-0.4, -0.2) is 38.3 Å². The first kappa shape index (κ1) is 15.5. The molecule has 0 bridgehead atoms. The maximum Gasteiger partial charge on any atom is 0.161 e. The summed E-state index contributed by atoms with van der Waals surface area (Å²) in [7, 11) is 1.58. The van der Waals surface area contributed by atoms with Gasteiger partial charge in [0.05, 0.1) is 13.7 Å². The van der Waals surface area contributed by atoms with E-state index in [0.717, 1.165) is 13.0 Å². The zero-order chi connectivity index (χ0) is 14.9. The van der Waals surface area contributed by atoms with E-state index in [-0.39, 0.29) is 0 Å². The summed E-state index contributed by atoms with van der Waals surface area (Å²) in [5.41, 5.74) is 8.95. The first-order valence-corrected chi connectivity index (χ1v) is 7.42. The molecule has 0 saturated carbocycles. The molecule has 1 aromatic rings. The Bertz CT molecular complexity index is 494. The van der Waals surface area contributed by atoms with Crippen molar-refractivity contribution in [3.05, 3.63) is 28.6 Å². The molecule has 1 aliphatic heterocycles. The fourth-order valence-electron chi connectivity index (χ4n) is 2.54. The van der Waals surface area contributed by atoms with E-state index in [9.17, 15) is 0 Å². The molecule has 114 valence electrons. The van der Waals surface area contributed by atoms with Gasteiger partial charge in [0.15, 0.2) is 11.5 Å². The molecular formula is C15H22N4O2. The lowest BCUT2D eigenvalue weighted by molar-refractivity contribution is 0.203. The van der Waals surface area contributed by atoms with Crippen molar-refractivity contribution in [2.24, 2.45) is 5.11 Å². The Kier molecular flexibility index (Phi) is 6.19. The predicted octanol–water partition coefficient (Wildman–Crippen LogP) is 3.89. The van der Waals surface area contributed by atoms with E-state index < -0.39 is 0 Å². The van der Waals surface area contributed by atoms with Gasteiger partial charge in [-0.1, -0.05) is 11.5 Å². The van der Waals surface area contributed by atoms with E-state index in [0.29, 0.717) is 23.8 Å². The summed E-state index contributed by atoms with van der Waals surface area (Å²) in [5, 5.41) is 3.55. The minimum Gasteiger partial charge on any atom is -0.493 e. The van der Waals surface area contributed by atoms with Crippen LogP contribution in [0.5, 0.6) is 11.5 Å². The summed E-state index contributed by atoms with van der Waals surface area (Å²) in [6.07, 6.45) is 4.99. The van der Waals surface area contributed by atoms with E-state index in [1.165, 1.54) is 32.4 Å². The molecule has 1 saturated heterocycles. The molecule has 0 aliphatic carbocycles. The number of nitrogens with zero attached hydrogens (tertiary/aromatic N) is 4. The van der Waals surface area contributed by atoms with Crippen molar-refractivity contribution in [1.29, 1.82) is 0 Å². The zero-order valence-corrected chi connectivity index (χ0v) is 12.5. The van der Waals surface area contributed by atoms with Crippen LogP contribution in [0.3, 0.4) is 0 Å². The second-order valence-corrected chi connectivity index (χ2v) is 5.13. The summed E-state index contributed by atoms with van der Waals surface area (Å²) in [6.45, 7) is 4.17. The number of rotatable bonds is 7. The molecule has 0 amide bonds. The van der Waals surface area contributed by atoms with Crippen LogP contribution >= 0.6 is 0 Å². The number of ether oxygens (including phenoxy) is 2. The quantitative estimate of drug-likeness (QED) is 0.331. The van der Waals surface area contributed by atoms with Gasteiger partial charge < -0.3 is 14.4 Å². The van der Waals surface area contributed by atoms with Gasteiger partial charge in [-0.15, -0.1) is 0 Å². The van der Waals surface area contributed by atoms with Crippen LogP contribution in [0.2, 0.25) is 0 Å². The maximum absolute atomic E-state index is 8.43. The highest BCUT2D eigenvalue weighted by atomic mass is 16.5. The van der Waals surface area contributed by atoms with Crippen molar-refractivity contribution < 1.29 is 9.47 Å². The Hall–Kier alpha value is -1.91. The van der Waals surface area contributed by atoms with Crippen molar-refractivity contribution in [1.82, 2.24) is 4.90 Å². The van der Waals surface area contributed by atoms with Crippen molar-refractivity contribution in [2.75, 3.05) is 33.4 Å². The summed E-state index contributed by atoms with van der Waals surface area (Å²) in [4.78, 5) is 5.26. The predicted molar refractivity (Wildman–Crippen MR) is 82.2 cm³/mol. The van der Waals surface area contributed by atoms with Gasteiger partial charge in [0.2, 0.25) is 0 Å². The minimum atomic E-state index is 0.523. The fourth-order valence-corrected chi connectivity index (χ4v) is 2.54. The monoisotopic (exact) mass is 290 g/mol. The maximum atomic E-state index is 8.43. The number of azide groups is 1. The van der Waals surface area contributed by atoms with Gasteiger partial charge in [-0.25, -0.2) is 0 Å².